The van der Waals surface area contributed by atoms with Crippen molar-refractivity contribution >= 4 is 35.1 Å². The van der Waals surface area contributed by atoms with Crippen LogP contribution in [0.2, 0.25) is 0 Å². The Labute approximate surface area is 162 Å². The van der Waals surface area contributed by atoms with Crippen molar-refractivity contribution in [2.24, 2.45) is 0 Å². The molecule has 28 heavy (non-hydrogen) atoms. The topological polar surface area (TPSA) is 107 Å². The molecule has 11 heteroatoms. The van der Waals surface area contributed by atoms with Crippen molar-refractivity contribution in [1.82, 2.24) is 9.97 Å². The van der Waals surface area contributed by atoms with E-state index in [1.54, 1.807) is 6.92 Å². The van der Waals surface area contributed by atoms with Crippen LogP contribution in [0.15, 0.2) is 35.6 Å². The van der Waals surface area contributed by atoms with Gasteiger partial charge in [-0.25, -0.2) is 14.8 Å². The van der Waals surface area contributed by atoms with E-state index in [4.69, 9.17) is 10.5 Å². The fraction of sp³-hybridized carbons (Fsp3) is 0.294. The molecule has 7 nitrogen and oxygen atoms in total. The van der Waals surface area contributed by atoms with Gasteiger partial charge in [0, 0.05) is 11.9 Å². The number of aromatic nitrogens is 2. The molecule has 2 rings (SSSR count). The molecule has 3 N–H and O–H groups in total. The summed E-state index contributed by atoms with van der Waals surface area (Å²) in [5, 5.41) is 1.82. The number of amides is 1. The zero-order valence-electron chi connectivity index (χ0n) is 14.9. The Hall–Kier alpha value is -2.82. The van der Waals surface area contributed by atoms with E-state index in [2.05, 4.69) is 15.3 Å². The van der Waals surface area contributed by atoms with Crippen molar-refractivity contribution in [3.63, 3.8) is 0 Å². The third-order valence-corrected chi connectivity index (χ3v) is 4.38. The molecule has 2 aromatic rings. The molecule has 1 amide bonds. The Morgan fingerprint density at radius 1 is 1.36 bits per heavy atom. The first-order valence-electron chi connectivity index (χ1n) is 8.06. The molecule has 1 aromatic heterocycles. The first-order chi connectivity index (χ1) is 13.1. The molecule has 0 aliphatic carbocycles. The maximum absolute atomic E-state index is 12.7. The third kappa shape index (κ3) is 5.59. The predicted molar refractivity (Wildman–Crippen MR) is 97.8 cm³/mol. The highest BCUT2D eigenvalue weighted by Gasteiger charge is 2.30. The number of carbonyl (C=O) groups is 2. The summed E-state index contributed by atoms with van der Waals surface area (Å²) in [6.07, 6.45) is -3.31. The number of thioether (sulfide) groups is 1. The van der Waals surface area contributed by atoms with Crippen LogP contribution in [-0.2, 0) is 15.7 Å². The highest BCUT2D eigenvalue weighted by Crippen LogP contribution is 2.31. The SMILES string of the molecule is CCOC(=O)c1cnc(SC(C)C(=O)Nc2cccc(C(F)(F)F)c2)nc1N. The minimum Gasteiger partial charge on any atom is -0.462 e. The van der Waals surface area contributed by atoms with Crippen molar-refractivity contribution in [3.8, 4) is 0 Å². The quantitative estimate of drug-likeness (QED) is 0.424. The number of nitrogens with one attached hydrogen (secondary N) is 1. The predicted octanol–water partition coefficient (Wildman–Crippen LogP) is 3.37. The van der Waals surface area contributed by atoms with Gasteiger partial charge in [0.25, 0.3) is 0 Å². The van der Waals surface area contributed by atoms with Crippen molar-refractivity contribution in [2.75, 3.05) is 17.7 Å². The van der Waals surface area contributed by atoms with Gasteiger partial charge < -0.3 is 15.8 Å². The molecule has 0 saturated heterocycles. The van der Waals surface area contributed by atoms with E-state index >= 15 is 0 Å². The maximum atomic E-state index is 12.7. The van der Waals surface area contributed by atoms with Gasteiger partial charge >= 0.3 is 12.1 Å². The number of carbonyl (C=O) groups excluding carboxylic acids is 2. The zero-order chi connectivity index (χ0) is 20.9. The largest absolute Gasteiger partial charge is 0.462 e. The number of rotatable bonds is 6. The lowest BCUT2D eigenvalue weighted by atomic mass is 10.2. The number of anilines is 2. The molecule has 1 atom stereocenters. The lowest BCUT2D eigenvalue weighted by Crippen LogP contribution is -2.23. The first-order valence-corrected chi connectivity index (χ1v) is 8.94. The van der Waals surface area contributed by atoms with Crippen LogP contribution >= 0.6 is 11.8 Å². The van der Waals surface area contributed by atoms with Crippen LogP contribution in [0.3, 0.4) is 0 Å². The number of esters is 1. The Kier molecular flexibility index (Phi) is 6.84. The summed E-state index contributed by atoms with van der Waals surface area (Å²) in [6.45, 7) is 3.35. The van der Waals surface area contributed by atoms with Gasteiger partial charge in [0.05, 0.1) is 17.4 Å². The molecule has 0 aliphatic rings. The van der Waals surface area contributed by atoms with Crippen LogP contribution < -0.4 is 11.1 Å². The normalized spacial score (nSPS) is 12.3. The Bertz CT molecular complexity index is 877. The number of hydrogen-bond donors (Lipinski definition) is 2. The second-order valence-electron chi connectivity index (χ2n) is 5.50. The lowest BCUT2D eigenvalue weighted by Gasteiger charge is -2.13. The van der Waals surface area contributed by atoms with Gasteiger partial charge in [-0.15, -0.1) is 0 Å². The van der Waals surface area contributed by atoms with Crippen LogP contribution in [0, 0.1) is 0 Å². The van der Waals surface area contributed by atoms with Gasteiger partial charge in [-0.1, -0.05) is 17.8 Å². The number of nitrogen functional groups attached to an aromatic ring is 1. The van der Waals surface area contributed by atoms with E-state index in [9.17, 15) is 22.8 Å². The number of nitrogens with zero attached hydrogens (tertiary/aromatic N) is 2. The second-order valence-corrected chi connectivity index (χ2v) is 6.81. The van der Waals surface area contributed by atoms with Gasteiger partial charge in [-0.3, -0.25) is 4.79 Å². The standard InChI is InChI=1S/C17H17F3N4O3S/c1-3-27-15(26)12-8-22-16(24-13(12)21)28-9(2)14(25)23-11-6-4-5-10(7-11)17(18,19)20/h4-9H,3H2,1-2H3,(H,23,25)(H2,21,22,24). The van der Waals surface area contributed by atoms with E-state index in [1.165, 1.54) is 25.3 Å². The highest BCUT2D eigenvalue weighted by atomic mass is 32.2. The van der Waals surface area contributed by atoms with Gasteiger partial charge in [0.15, 0.2) is 5.16 Å². The van der Waals surface area contributed by atoms with Gasteiger partial charge in [-0.2, -0.15) is 13.2 Å². The summed E-state index contributed by atoms with van der Waals surface area (Å²) in [7, 11) is 0. The summed E-state index contributed by atoms with van der Waals surface area (Å²) in [5.41, 5.74) is 4.87. The van der Waals surface area contributed by atoms with Gasteiger partial charge in [-0.05, 0) is 32.0 Å². The minimum absolute atomic E-state index is 0.00673. The number of hydrogen-bond acceptors (Lipinski definition) is 7. The van der Waals surface area contributed by atoms with Crippen molar-refractivity contribution in [3.05, 3.63) is 41.6 Å². The van der Waals surface area contributed by atoms with E-state index in [0.717, 1.165) is 23.9 Å². The van der Waals surface area contributed by atoms with Crippen LogP contribution in [0.4, 0.5) is 24.7 Å². The Morgan fingerprint density at radius 3 is 2.68 bits per heavy atom. The number of alkyl halides is 3. The van der Waals surface area contributed by atoms with Crippen molar-refractivity contribution in [2.45, 2.75) is 30.4 Å². The summed E-state index contributed by atoms with van der Waals surface area (Å²) in [4.78, 5) is 31.8. The zero-order valence-corrected chi connectivity index (χ0v) is 15.7. The van der Waals surface area contributed by atoms with E-state index in [-0.39, 0.29) is 28.8 Å². The molecule has 0 fully saturated rings. The molecule has 0 saturated carbocycles. The average molecular weight is 414 g/mol. The van der Waals surface area contributed by atoms with Gasteiger partial charge in [0.1, 0.15) is 11.4 Å². The molecule has 150 valence electrons. The van der Waals surface area contributed by atoms with Gasteiger partial charge in [0.2, 0.25) is 5.91 Å². The number of ether oxygens (including phenoxy) is 1. The Morgan fingerprint density at radius 2 is 2.07 bits per heavy atom. The van der Waals surface area contributed by atoms with Crippen LogP contribution in [0.5, 0.6) is 0 Å². The molecular formula is C17H17F3N4O3S. The summed E-state index contributed by atoms with van der Waals surface area (Å²) in [5.74, 6) is -1.30. The van der Waals surface area contributed by atoms with E-state index in [1.807, 2.05) is 0 Å². The van der Waals surface area contributed by atoms with Crippen LogP contribution in [-0.4, -0.2) is 33.7 Å². The number of benzene rings is 1. The molecule has 0 radical (unpaired) electrons. The minimum atomic E-state index is -4.51. The third-order valence-electron chi connectivity index (χ3n) is 3.40. The van der Waals surface area contributed by atoms with Crippen LogP contribution in [0.1, 0.15) is 29.8 Å². The molecule has 1 aromatic carbocycles. The first kappa shape index (κ1) is 21.5. The maximum Gasteiger partial charge on any atom is 0.416 e. The van der Waals surface area contributed by atoms with Crippen molar-refractivity contribution in [1.29, 1.82) is 0 Å². The number of halogens is 3. The smallest absolute Gasteiger partial charge is 0.416 e. The van der Waals surface area contributed by atoms with E-state index < -0.39 is 28.9 Å². The fourth-order valence-electron chi connectivity index (χ4n) is 2.03. The molecule has 0 bridgehead atoms. The molecule has 1 heterocycles. The monoisotopic (exact) mass is 414 g/mol. The fourth-order valence-corrected chi connectivity index (χ4v) is 2.78. The summed E-state index contributed by atoms with van der Waals surface area (Å²) in [6, 6.07) is 4.31. The summed E-state index contributed by atoms with van der Waals surface area (Å²) < 4.78 is 43.1. The lowest BCUT2D eigenvalue weighted by molar-refractivity contribution is -0.137. The molecular weight excluding hydrogens is 397 g/mol. The second kappa shape index (κ2) is 8.91. The number of nitrogens with two attached hydrogens (primary N) is 1. The Balaban J connectivity index is 2.05. The van der Waals surface area contributed by atoms with E-state index in [0.29, 0.717) is 0 Å². The molecule has 1 unspecified atom stereocenters. The summed E-state index contributed by atoms with van der Waals surface area (Å²) >= 11 is 0.940. The highest BCUT2D eigenvalue weighted by molar-refractivity contribution is 8.00. The van der Waals surface area contributed by atoms with Crippen molar-refractivity contribution < 1.29 is 27.5 Å². The molecule has 0 spiro atoms. The van der Waals surface area contributed by atoms with Crippen LogP contribution in [0.25, 0.3) is 0 Å². The average Bonchev–Trinajstić information content (AvgIpc) is 2.61. The molecule has 0 aliphatic heterocycles.